The summed E-state index contributed by atoms with van der Waals surface area (Å²) in [5.74, 6) is -0.976. The van der Waals surface area contributed by atoms with Crippen LogP contribution in [0.25, 0.3) is 22.3 Å². The van der Waals surface area contributed by atoms with Gasteiger partial charge in [0.15, 0.2) is 0 Å². The number of aromatic nitrogens is 3. The van der Waals surface area contributed by atoms with E-state index in [-0.39, 0.29) is 5.56 Å². The van der Waals surface area contributed by atoms with Crippen molar-refractivity contribution in [1.29, 1.82) is 0 Å². The fourth-order valence-electron chi connectivity index (χ4n) is 2.41. The van der Waals surface area contributed by atoms with E-state index in [1.807, 2.05) is 6.92 Å². The molecule has 7 nitrogen and oxygen atoms in total. The molecule has 4 N–H and O–H groups in total. The largest absolute Gasteiger partial charge is 0.478 e. The molecule has 2 heterocycles. The average Bonchev–Trinajstić information content (AvgIpc) is 2.98. The second kappa shape index (κ2) is 5.53. The summed E-state index contributed by atoms with van der Waals surface area (Å²) < 4.78 is 0. The van der Waals surface area contributed by atoms with Gasteiger partial charge in [-0.3, -0.25) is 4.79 Å². The number of nitrogens with one attached hydrogen (secondary N) is 1. The van der Waals surface area contributed by atoms with Gasteiger partial charge < -0.3 is 15.8 Å². The highest BCUT2D eigenvalue weighted by atomic mass is 16.4. The number of amides is 1. The molecule has 0 spiro atoms. The molecule has 0 radical (unpaired) electrons. The Morgan fingerprint density at radius 1 is 1.22 bits per heavy atom. The number of carbonyl (C=O) groups is 2. The Bertz CT molecular complexity index is 913. The highest BCUT2D eigenvalue weighted by Crippen LogP contribution is 2.29. The highest BCUT2D eigenvalue weighted by molar-refractivity contribution is 6.07. The van der Waals surface area contributed by atoms with E-state index in [4.69, 9.17) is 5.73 Å². The number of aryl methyl sites for hydroxylation is 1. The normalized spacial score (nSPS) is 10.8. The zero-order valence-electron chi connectivity index (χ0n) is 12.3. The third-order valence-electron chi connectivity index (χ3n) is 3.57. The first-order valence-electron chi connectivity index (χ1n) is 7.02. The van der Waals surface area contributed by atoms with Crippen molar-refractivity contribution in [2.24, 2.45) is 5.73 Å². The van der Waals surface area contributed by atoms with Gasteiger partial charge in [-0.1, -0.05) is 19.1 Å². The first-order chi connectivity index (χ1) is 11.0. The number of H-pyrrole nitrogens is 1. The molecule has 23 heavy (non-hydrogen) atoms. The second-order valence-electron chi connectivity index (χ2n) is 5.01. The molecule has 3 aromatic rings. The lowest BCUT2D eigenvalue weighted by atomic mass is 10.0. The van der Waals surface area contributed by atoms with Gasteiger partial charge in [0, 0.05) is 23.7 Å². The van der Waals surface area contributed by atoms with Gasteiger partial charge in [-0.05, 0) is 12.1 Å². The number of carbonyl (C=O) groups excluding carboxylic acids is 1. The molecule has 0 aliphatic carbocycles. The number of primary amides is 1. The Balaban J connectivity index is 2.27. The Labute approximate surface area is 131 Å². The maximum absolute atomic E-state index is 11.4. The Morgan fingerprint density at radius 3 is 2.48 bits per heavy atom. The van der Waals surface area contributed by atoms with Crippen LogP contribution in [0.5, 0.6) is 0 Å². The molecule has 0 unspecified atom stereocenters. The molecule has 7 heteroatoms. The third-order valence-corrected chi connectivity index (χ3v) is 3.57. The predicted molar refractivity (Wildman–Crippen MR) is 84.2 cm³/mol. The summed E-state index contributed by atoms with van der Waals surface area (Å²) in [6.07, 6.45) is 2.02. The summed E-state index contributed by atoms with van der Waals surface area (Å²) in [5, 5.41) is 9.80. The molecule has 1 aromatic carbocycles. The van der Waals surface area contributed by atoms with Crippen LogP contribution >= 0.6 is 0 Å². The molecule has 3 rings (SSSR count). The van der Waals surface area contributed by atoms with Gasteiger partial charge in [0.05, 0.1) is 16.6 Å². The number of carboxylic acid groups (broad SMARTS) is 1. The summed E-state index contributed by atoms with van der Waals surface area (Å²) in [5.41, 5.74) is 7.41. The van der Waals surface area contributed by atoms with Crippen molar-refractivity contribution in [3.05, 3.63) is 47.4 Å². The van der Waals surface area contributed by atoms with E-state index in [1.165, 1.54) is 6.20 Å². The molecule has 0 saturated heterocycles. The number of aromatic carboxylic acids is 1. The van der Waals surface area contributed by atoms with E-state index in [9.17, 15) is 14.7 Å². The molecule has 0 atom stereocenters. The molecular formula is C16H14N4O3. The van der Waals surface area contributed by atoms with Crippen LogP contribution in [0, 0.1) is 0 Å². The molecule has 0 bridgehead atoms. The van der Waals surface area contributed by atoms with Gasteiger partial charge in [-0.25, -0.2) is 14.8 Å². The number of hydrogen-bond acceptors (Lipinski definition) is 4. The Morgan fingerprint density at radius 2 is 1.91 bits per heavy atom. The minimum absolute atomic E-state index is 0.108. The monoisotopic (exact) mass is 310 g/mol. The fourth-order valence-corrected chi connectivity index (χ4v) is 2.41. The lowest BCUT2D eigenvalue weighted by Gasteiger charge is -2.07. The topological polar surface area (TPSA) is 122 Å². The van der Waals surface area contributed by atoms with E-state index in [1.54, 1.807) is 24.3 Å². The molecule has 0 aliphatic rings. The number of benzene rings is 1. The third kappa shape index (κ3) is 2.52. The standard InChI is InChI=1S/C16H14N4O3/c1-2-11-19-13(8-3-5-9(6-4-8)14(17)21)12-10(16(22)23)7-18-15(12)20-11/h3-7H,2H2,1H3,(H2,17,21)(H,22,23)(H,18,19,20). The number of nitrogens with zero attached hydrogens (tertiary/aromatic N) is 2. The molecule has 0 saturated carbocycles. The minimum atomic E-state index is -1.06. The SMILES string of the molecule is CCc1nc(-c2ccc(C(N)=O)cc2)c2c(C(=O)O)c[nH]c2n1. The minimum Gasteiger partial charge on any atom is -0.478 e. The van der Waals surface area contributed by atoms with Gasteiger partial charge in [0.25, 0.3) is 0 Å². The molecular weight excluding hydrogens is 296 g/mol. The zero-order valence-corrected chi connectivity index (χ0v) is 12.3. The van der Waals surface area contributed by atoms with Gasteiger partial charge in [-0.2, -0.15) is 0 Å². The summed E-state index contributed by atoms with van der Waals surface area (Å²) in [4.78, 5) is 34.3. The summed E-state index contributed by atoms with van der Waals surface area (Å²) >= 11 is 0. The first-order valence-corrected chi connectivity index (χ1v) is 7.02. The predicted octanol–water partition coefficient (Wildman–Crippen LogP) is 1.98. The van der Waals surface area contributed by atoms with Crippen molar-refractivity contribution in [3.63, 3.8) is 0 Å². The van der Waals surface area contributed by atoms with Crippen molar-refractivity contribution >= 4 is 22.9 Å². The fraction of sp³-hybridized carbons (Fsp3) is 0.125. The van der Waals surface area contributed by atoms with Crippen LogP contribution in [0.4, 0.5) is 0 Å². The molecule has 0 fully saturated rings. The van der Waals surface area contributed by atoms with Crippen LogP contribution in [-0.2, 0) is 6.42 Å². The quantitative estimate of drug-likeness (QED) is 0.680. The van der Waals surface area contributed by atoms with E-state index in [0.29, 0.717) is 40.1 Å². The number of rotatable bonds is 4. The maximum atomic E-state index is 11.4. The van der Waals surface area contributed by atoms with Crippen LogP contribution in [0.2, 0.25) is 0 Å². The van der Waals surface area contributed by atoms with Crippen LogP contribution in [0.15, 0.2) is 30.5 Å². The number of aromatic amines is 1. The van der Waals surface area contributed by atoms with Gasteiger partial charge in [0.1, 0.15) is 11.5 Å². The van der Waals surface area contributed by atoms with E-state index in [2.05, 4.69) is 15.0 Å². The molecule has 116 valence electrons. The zero-order chi connectivity index (χ0) is 16.6. The smallest absolute Gasteiger partial charge is 0.338 e. The molecule has 0 aliphatic heterocycles. The average molecular weight is 310 g/mol. The van der Waals surface area contributed by atoms with Crippen molar-refractivity contribution in [2.45, 2.75) is 13.3 Å². The van der Waals surface area contributed by atoms with Gasteiger partial charge >= 0.3 is 5.97 Å². The van der Waals surface area contributed by atoms with Crippen molar-refractivity contribution in [1.82, 2.24) is 15.0 Å². The first kappa shape index (κ1) is 14.7. The van der Waals surface area contributed by atoms with Crippen LogP contribution < -0.4 is 5.73 Å². The van der Waals surface area contributed by atoms with Gasteiger partial charge in [0.2, 0.25) is 5.91 Å². The highest BCUT2D eigenvalue weighted by Gasteiger charge is 2.18. The Kier molecular flexibility index (Phi) is 3.53. The summed E-state index contributed by atoms with van der Waals surface area (Å²) in [7, 11) is 0. The van der Waals surface area contributed by atoms with Gasteiger partial charge in [-0.15, -0.1) is 0 Å². The number of carboxylic acids is 1. The lowest BCUT2D eigenvalue weighted by molar-refractivity contribution is 0.0699. The number of nitrogens with two attached hydrogens (primary N) is 1. The van der Waals surface area contributed by atoms with E-state index in [0.717, 1.165) is 0 Å². The number of fused-ring (bicyclic) bond motifs is 1. The second-order valence-corrected chi connectivity index (χ2v) is 5.01. The van der Waals surface area contributed by atoms with Crippen molar-refractivity contribution in [3.8, 4) is 11.3 Å². The lowest BCUT2D eigenvalue weighted by Crippen LogP contribution is -2.10. The number of hydrogen-bond donors (Lipinski definition) is 3. The summed E-state index contributed by atoms with van der Waals surface area (Å²) in [6.45, 7) is 1.92. The van der Waals surface area contributed by atoms with Crippen LogP contribution in [0.1, 0.15) is 33.5 Å². The van der Waals surface area contributed by atoms with Crippen LogP contribution in [0.3, 0.4) is 0 Å². The van der Waals surface area contributed by atoms with Crippen molar-refractivity contribution < 1.29 is 14.7 Å². The van der Waals surface area contributed by atoms with Crippen molar-refractivity contribution in [2.75, 3.05) is 0 Å². The van der Waals surface area contributed by atoms with E-state index < -0.39 is 11.9 Å². The summed E-state index contributed by atoms with van der Waals surface area (Å²) in [6, 6.07) is 6.56. The molecule has 2 aromatic heterocycles. The molecule has 1 amide bonds. The van der Waals surface area contributed by atoms with E-state index >= 15 is 0 Å². The van der Waals surface area contributed by atoms with Crippen LogP contribution in [-0.4, -0.2) is 31.9 Å². The maximum Gasteiger partial charge on any atom is 0.338 e. The Hall–Kier alpha value is -3.22.